The first kappa shape index (κ1) is 65.3. The van der Waals surface area contributed by atoms with Crippen molar-refractivity contribution in [2.24, 2.45) is 0 Å². The van der Waals surface area contributed by atoms with Crippen LogP contribution in [-0.2, 0) is 79.4 Å². The fourth-order valence-corrected chi connectivity index (χ4v) is 11.4. The van der Waals surface area contributed by atoms with Crippen LogP contribution >= 0.6 is 0 Å². The van der Waals surface area contributed by atoms with Gasteiger partial charge in [0, 0.05) is 0 Å². The summed E-state index contributed by atoms with van der Waals surface area (Å²) in [6.45, 7) is -4.09. The highest BCUT2D eigenvalue weighted by Gasteiger charge is 2.60. The second-order valence-corrected chi connectivity index (χ2v) is 21.4. The van der Waals surface area contributed by atoms with Crippen LogP contribution < -0.4 is 4.57 Å². The van der Waals surface area contributed by atoms with E-state index in [4.69, 9.17) is 66.3 Å². The average molecular weight is 1210 g/mol. The molecule has 0 aliphatic carbocycles. The second kappa shape index (κ2) is 27.7. The van der Waals surface area contributed by atoms with Crippen molar-refractivity contribution in [3.05, 3.63) is 18.7 Å². The summed E-state index contributed by atoms with van der Waals surface area (Å²) in [6, 6.07) is 0. The smallest absolute Gasteiger partial charge is 0.243 e. The summed E-state index contributed by atoms with van der Waals surface area (Å²) in [5.74, 6) is 0. The quantitative estimate of drug-likeness (QED) is 0.102. The maximum atomic E-state index is 11.8. The van der Waals surface area contributed by atoms with E-state index in [2.05, 4.69) is 0 Å². The normalized spacial score (nSPS) is 52.2. The van der Waals surface area contributed by atoms with E-state index < -0.39 is 255 Å². The molecule has 21 saturated heterocycles. The number of aryl methyl sites for hydroxylation is 1. The topological polar surface area (TPSA) is 543 Å². The fraction of sp³-hybridized carbons (Fsp3) is 0.936. The van der Waals surface area contributed by atoms with Gasteiger partial charge in [0.1, 0.15) is 190 Å². The minimum absolute atomic E-state index is 0.234. The highest BCUT2D eigenvalue weighted by molar-refractivity contribution is 5.01. The van der Waals surface area contributed by atoms with Crippen LogP contribution in [0.3, 0.4) is 0 Å². The molecule has 35 atom stereocenters. The standard InChI is InChI=1S/C47H77N2O34/c1-2-48-3-4-49(12-48)5-13-34-20(56)27(63)41(70-13)78-35-14(6-50)72-43(29(65)22(35)58)80-37-16(8-52)74-45(31(67)24(37)60)82-39-18(10-54)76-47(33(69)26(39)62)83-40-19(11-55)75-46(32(68)25(40)61)81-38-17(9-53)73-44(30(66)23(38)59)79-36-15(7-51)71-42(77-34)28(64)21(36)57/h3-4,12-47,50-69H,2,5-11H2,1H3/q+1/t13-,14-,15-,16-,17-,18-,19-,20-,21-,22-,23-,24-,25-,26-,27-,28-,29-,30-,31-,32-,33-,34-,35-,36-,37-,38-,39-,40-,41-,42-,43-,44-,45-,46-,47-/m1/s1. The van der Waals surface area contributed by atoms with Crippen LogP contribution in [-0.4, -0.2) is 361 Å². The predicted molar refractivity (Wildman–Crippen MR) is 252 cm³/mol. The number of imidazole rings is 1. The molecule has 0 saturated carbocycles. The molecule has 22 heterocycles. The van der Waals surface area contributed by atoms with Gasteiger partial charge >= 0.3 is 0 Å². The number of hydrogen-bond donors (Lipinski definition) is 20. The molecule has 0 aromatic carbocycles. The molecule has 478 valence electrons. The highest BCUT2D eigenvalue weighted by Crippen LogP contribution is 2.39. The van der Waals surface area contributed by atoms with Crippen LogP contribution in [0.1, 0.15) is 6.92 Å². The number of hydrogen-bond acceptors (Lipinski definition) is 34. The van der Waals surface area contributed by atoms with Gasteiger partial charge in [-0.1, -0.05) is 0 Å². The first-order valence-corrected chi connectivity index (χ1v) is 27.0. The molecule has 83 heavy (non-hydrogen) atoms. The Morgan fingerprint density at radius 2 is 0.482 bits per heavy atom. The number of aliphatic hydroxyl groups excluding tert-OH is 20. The summed E-state index contributed by atoms with van der Waals surface area (Å²) in [6.07, 6.45) is -64.3. The van der Waals surface area contributed by atoms with Crippen molar-refractivity contribution in [2.45, 2.75) is 235 Å². The van der Waals surface area contributed by atoms with E-state index in [1.165, 1.54) is 0 Å². The van der Waals surface area contributed by atoms with E-state index >= 15 is 0 Å². The van der Waals surface area contributed by atoms with Crippen molar-refractivity contribution in [1.82, 2.24) is 4.57 Å². The number of nitrogens with zero attached hydrogens (tertiary/aromatic N) is 2. The number of rotatable bonds is 9. The fourth-order valence-electron chi connectivity index (χ4n) is 11.4. The lowest BCUT2D eigenvalue weighted by atomic mass is 9.95. The van der Waals surface area contributed by atoms with E-state index in [1.54, 1.807) is 27.9 Å². The number of aromatic nitrogens is 2. The van der Waals surface area contributed by atoms with Gasteiger partial charge in [0.2, 0.25) is 6.33 Å². The molecular formula is C47H77N2O34+. The van der Waals surface area contributed by atoms with Crippen molar-refractivity contribution in [1.29, 1.82) is 0 Å². The van der Waals surface area contributed by atoms with Crippen molar-refractivity contribution >= 4 is 0 Å². The Balaban J connectivity index is 1.02. The molecule has 36 nitrogen and oxygen atoms in total. The summed E-state index contributed by atoms with van der Waals surface area (Å²) in [5.41, 5.74) is 0. The van der Waals surface area contributed by atoms with E-state index in [0.29, 0.717) is 6.54 Å². The van der Waals surface area contributed by atoms with E-state index in [-0.39, 0.29) is 6.54 Å². The zero-order chi connectivity index (χ0) is 60.0. The van der Waals surface area contributed by atoms with Gasteiger partial charge in [-0.15, -0.1) is 0 Å². The first-order valence-electron chi connectivity index (χ1n) is 27.0. The maximum Gasteiger partial charge on any atom is 0.243 e. The summed E-state index contributed by atoms with van der Waals surface area (Å²) in [7, 11) is 0. The van der Waals surface area contributed by atoms with E-state index in [9.17, 15) is 102 Å². The largest absolute Gasteiger partial charge is 0.394 e. The molecule has 0 unspecified atom stereocenters. The lowest BCUT2D eigenvalue weighted by Crippen LogP contribution is -2.68. The van der Waals surface area contributed by atoms with Crippen LogP contribution in [0.4, 0.5) is 0 Å². The van der Waals surface area contributed by atoms with Crippen LogP contribution in [0, 0.1) is 0 Å². The monoisotopic (exact) mass is 1210 g/mol. The summed E-state index contributed by atoms with van der Waals surface area (Å²) in [5, 5.41) is 223. The lowest BCUT2D eigenvalue weighted by Gasteiger charge is -2.50. The van der Waals surface area contributed by atoms with Gasteiger partial charge in [0.05, 0.1) is 46.2 Å². The maximum absolute atomic E-state index is 11.8. The Kier molecular flexibility index (Phi) is 21.8. The van der Waals surface area contributed by atoms with Gasteiger partial charge in [-0.25, -0.2) is 9.13 Å². The number of ether oxygens (including phenoxy) is 14. The zero-order valence-corrected chi connectivity index (χ0v) is 44.2. The summed E-state index contributed by atoms with van der Waals surface area (Å²) in [4.78, 5) is 0. The zero-order valence-electron chi connectivity index (χ0n) is 44.2. The van der Waals surface area contributed by atoms with Crippen LogP contribution in [0.2, 0.25) is 0 Å². The SMILES string of the molecule is CCn1cc[n+](C[C@H]2O[C@@H]3O[C@H]4[C@H](O)[C@@H](O)[C@@H](O[C@H]5[C@H](O)[C@@H](O)[C@@H](O[C@H]6[C@H](O)[C@@H](O)[C@@H](O[C@H]7[C@H](O)[C@@H](O)[C@@H](O[C@H]8[C@H](O)[C@@H](O)[C@@H](O[C@H]9[C@H](O)[C@@H](O)[C@@H](O[C@H]2[C@H](O)[C@H]3O)O[C@@H]9CO)O[C@@H]8CO)O[C@@H]7CO)O[C@@H]6CO)O[C@@H]5CO)O[C@@H]4CO)c1. The molecule has 20 N–H and O–H groups in total. The van der Waals surface area contributed by atoms with Crippen LogP contribution in [0.5, 0.6) is 0 Å². The molecule has 0 radical (unpaired) electrons. The second-order valence-electron chi connectivity index (χ2n) is 21.4. The molecule has 0 spiro atoms. The third-order valence-electron chi connectivity index (χ3n) is 16.1. The Morgan fingerprint density at radius 3 is 0.663 bits per heavy atom. The molecule has 1 aromatic rings. The van der Waals surface area contributed by atoms with Crippen molar-refractivity contribution in [3.63, 3.8) is 0 Å². The van der Waals surface area contributed by atoms with Gasteiger partial charge in [0.25, 0.3) is 0 Å². The van der Waals surface area contributed by atoms with Crippen molar-refractivity contribution in [2.75, 3.05) is 39.6 Å². The molecule has 21 fully saturated rings. The molecule has 21 aliphatic rings. The van der Waals surface area contributed by atoms with Gasteiger partial charge in [0.15, 0.2) is 44.0 Å². The third kappa shape index (κ3) is 13.0. The molecule has 0 amide bonds. The Labute approximate surface area is 470 Å². The Bertz CT molecular complexity index is 2160. The third-order valence-corrected chi connectivity index (χ3v) is 16.1. The van der Waals surface area contributed by atoms with Gasteiger partial charge in [-0.2, -0.15) is 0 Å². The van der Waals surface area contributed by atoms with Crippen molar-refractivity contribution in [3.8, 4) is 0 Å². The Morgan fingerprint density at radius 1 is 0.289 bits per heavy atom. The summed E-state index contributed by atoms with van der Waals surface area (Å²) >= 11 is 0. The molecule has 22 rings (SSSR count). The highest BCUT2D eigenvalue weighted by atomic mass is 16.8. The van der Waals surface area contributed by atoms with E-state index in [0.717, 1.165) is 0 Å². The van der Waals surface area contributed by atoms with Crippen LogP contribution in [0.15, 0.2) is 18.7 Å². The molecule has 21 aliphatic heterocycles. The average Bonchev–Trinajstić information content (AvgIpc) is 3.59. The van der Waals surface area contributed by atoms with Gasteiger partial charge in [-0.3, -0.25) is 0 Å². The predicted octanol–water partition coefficient (Wildman–Crippen LogP) is -14.4. The molecule has 36 heteroatoms. The van der Waals surface area contributed by atoms with E-state index in [1.807, 2.05) is 6.92 Å². The number of aliphatic hydroxyl groups is 20. The first-order chi connectivity index (χ1) is 39.6. The minimum Gasteiger partial charge on any atom is -0.394 e. The minimum atomic E-state index is -2.20. The van der Waals surface area contributed by atoms with Gasteiger partial charge in [-0.05, 0) is 6.92 Å². The van der Waals surface area contributed by atoms with Crippen LogP contribution in [0.25, 0.3) is 0 Å². The molecule has 14 bridgehead atoms. The lowest BCUT2D eigenvalue weighted by molar-refractivity contribution is -0.707. The summed E-state index contributed by atoms with van der Waals surface area (Å²) < 4.78 is 84.7. The molecular weight excluding hydrogens is 1140 g/mol. The molecule has 1 aromatic heterocycles. The van der Waals surface area contributed by atoms with Crippen molar-refractivity contribution < 1.29 is 173 Å². The Hall–Kier alpha value is -2.15. The van der Waals surface area contributed by atoms with Gasteiger partial charge < -0.3 is 168 Å².